The lowest BCUT2D eigenvalue weighted by Gasteiger charge is -1.90. The molecule has 88 valence electrons. The third-order valence-electron chi connectivity index (χ3n) is 1.70. The predicted octanol–water partition coefficient (Wildman–Crippen LogP) is 0.589. The van der Waals surface area contributed by atoms with Crippen LogP contribution >= 0.6 is 22.6 Å². The Morgan fingerprint density at radius 2 is 2.24 bits per heavy atom. The molecule has 0 unspecified atom stereocenters. The van der Waals surface area contributed by atoms with Gasteiger partial charge in [-0.05, 0) is 45.0 Å². The summed E-state index contributed by atoms with van der Waals surface area (Å²) in [6, 6.07) is 3.55. The Balaban J connectivity index is 2.11. The molecular formula is C8H7IN6O2. The van der Waals surface area contributed by atoms with Crippen LogP contribution < -0.4 is 11.5 Å². The SMILES string of the molecule is NC(=N/N=C\c1ccc(I)o1)c1nonc1N. The molecule has 4 N–H and O–H groups in total. The van der Waals surface area contributed by atoms with Crippen molar-refractivity contribution in [1.29, 1.82) is 0 Å². The van der Waals surface area contributed by atoms with E-state index in [2.05, 4.69) is 25.1 Å². The Hall–Kier alpha value is -1.91. The van der Waals surface area contributed by atoms with Gasteiger partial charge in [0.25, 0.3) is 0 Å². The first-order valence-electron chi connectivity index (χ1n) is 4.37. The minimum atomic E-state index is 0.0150. The van der Waals surface area contributed by atoms with Crippen LogP contribution in [0, 0.1) is 3.77 Å². The summed E-state index contributed by atoms with van der Waals surface area (Å²) in [5, 5.41) is 14.3. The number of nitrogen functional groups attached to an aromatic ring is 1. The summed E-state index contributed by atoms with van der Waals surface area (Å²) in [4.78, 5) is 0. The van der Waals surface area contributed by atoms with Crippen molar-refractivity contribution in [3.63, 3.8) is 0 Å². The Labute approximate surface area is 109 Å². The molecule has 0 fully saturated rings. The van der Waals surface area contributed by atoms with Gasteiger partial charge in [-0.2, -0.15) is 5.10 Å². The molecule has 0 aliphatic carbocycles. The fourth-order valence-corrected chi connectivity index (χ4v) is 1.40. The highest BCUT2D eigenvalue weighted by molar-refractivity contribution is 14.1. The molecule has 0 spiro atoms. The zero-order chi connectivity index (χ0) is 12.3. The van der Waals surface area contributed by atoms with Crippen LogP contribution in [0.4, 0.5) is 5.82 Å². The van der Waals surface area contributed by atoms with Gasteiger partial charge in [-0.3, -0.25) is 0 Å². The fourth-order valence-electron chi connectivity index (χ4n) is 0.966. The van der Waals surface area contributed by atoms with E-state index in [9.17, 15) is 0 Å². The highest BCUT2D eigenvalue weighted by Crippen LogP contribution is 2.08. The number of hydrogen-bond donors (Lipinski definition) is 2. The van der Waals surface area contributed by atoms with Gasteiger partial charge in [-0.15, -0.1) is 5.10 Å². The van der Waals surface area contributed by atoms with Gasteiger partial charge < -0.3 is 15.9 Å². The monoisotopic (exact) mass is 346 g/mol. The van der Waals surface area contributed by atoms with E-state index in [4.69, 9.17) is 15.9 Å². The predicted molar refractivity (Wildman–Crippen MR) is 68.5 cm³/mol. The van der Waals surface area contributed by atoms with E-state index in [1.807, 2.05) is 22.6 Å². The van der Waals surface area contributed by atoms with Crippen LogP contribution in [0.5, 0.6) is 0 Å². The number of nitrogens with two attached hydrogens (primary N) is 2. The molecule has 17 heavy (non-hydrogen) atoms. The molecule has 0 bridgehead atoms. The van der Waals surface area contributed by atoms with E-state index >= 15 is 0 Å². The van der Waals surface area contributed by atoms with Crippen molar-refractivity contribution in [2.24, 2.45) is 15.9 Å². The highest BCUT2D eigenvalue weighted by Gasteiger charge is 2.09. The number of halogens is 1. The van der Waals surface area contributed by atoms with Crippen LogP contribution in [0.3, 0.4) is 0 Å². The van der Waals surface area contributed by atoms with E-state index < -0.39 is 0 Å². The smallest absolute Gasteiger partial charge is 0.199 e. The van der Waals surface area contributed by atoms with Crippen molar-refractivity contribution in [1.82, 2.24) is 10.3 Å². The second-order valence-electron chi connectivity index (χ2n) is 2.87. The molecule has 8 nitrogen and oxygen atoms in total. The lowest BCUT2D eigenvalue weighted by atomic mass is 10.4. The molecule has 0 atom stereocenters. The largest absolute Gasteiger partial charge is 0.449 e. The number of anilines is 1. The molecule has 2 rings (SSSR count). The van der Waals surface area contributed by atoms with Gasteiger partial charge in [0.05, 0.1) is 6.21 Å². The quantitative estimate of drug-likeness (QED) is 0.362. The van der Waals surface area contributed by atoms with Crippen LogP contribution in [0.25, 0.3) is 0 Å². The van der Waals surface area contributed by atoms with Gasteiger partial charge in [0.2, 0.25) is 0 Å². The van der Waals surface area contributed by atoms with Gasteiger partial charge in [-0.1, -0.05) is 0 Å². The van der Waals surface area contributed by atoms with Crippen molar-refractivity contribution in [3.05, 3.63) is 27.4 Å². The average Bonchev–Trinajstić information content (AvgIpc) is 2.87. The van der Waals surface area contributed by atoms with Crippen LogP contribution in [0.1, 0.15) is 11.5 Å². The van der Waals surface area contributed by atoms with Crippen LogP contribution in [-0.2, 0) is 0 Å². The highest BCUT2D eigenvalue weighted by atomic mass is 127. The van der Waals surface area contributed by atoms with Crippen molar-refractivity contribution in [3.8, 4) is 0 Å². The third-order valence-corrected chi connectivity index (χ3v) is 2.28. The summed E-state index contributed by atoms with van der Waals surface area (Å²) < 4.78 is 10.4. The van der Waals surface area contributed by atoms with E-state index in [0.29, 0.717) is 5.76 Å². The summed E-state index contributed by atoms with van der Waals surface area (Å²) in [6.07, 6.45) is 1.42. The Bertz CT molecular complexity index is 572. The standard InChI is InChI=1S/C8H7IN6O2/c9-5-2-1-4(16-5)3-12-13-7(10)6-8(11)15-17-14-6/h1-3H,(H2,10,13)(H2,11,15)/b12-3-. The number of furan rings is 1. The van der Waals surface area contributed by atoms with Crippen LogP contribution in [0.2, 0.25) is 0 Å². The van der Waals surface area contributed by atoms with Crippen molar-refractivity contribution < 1.29 is 9.05 Å². The van der Waals surface area contributed by atoms with Gasteiger partial charge in [-0.25, -0.2) is 4.63 Å². The second-order valence-corrected chi connectivity index (χ2v) is 3.93. The molecule has 0 aromatic carbocycles. The normalized spacial score (nSPS) is 12.4. The Morgan fingerprint density at radius 1 is 1.41 bits per heavy atom. The molecule has 0 saturated heterocycles. The van der Waals surface area contributed by atoms with E-state index in [1.165, 1.54) is 6.21 Å². The number of amidine groups is 1. The minimum absolute atomic E-state index is 0.0150. The molecule has 2 aromatic rings. The van der Waals surface area contributed by atoms with E-state index in [-0.39, 0.29) is 17.3 Å². The molecule has 9 heteroatoms. The number of rotatable bonds is 3. The minimum Gasteiger partial charge on any atom is -0.449 e. The van der Waals surface area contributed by atoms with Crippen molar-refractivity contribution in [2.45, 2.75) is 0 Å². The molecule has 0 aliphatic heterocycles. The maximum absolute atomic E-state index is 5.57. The molecule has 0 aliphatic rings. The van der Waals surface area contributed by atoms with Gasteiger partial charge >= 0.3 is 0 Å². The first-order chi connectivity index (χ1) is 8.16. The average molecular weight is 346 g/mol. The number of nitrogens with zero attached hydrogens (tertiary/aromatic N) is 4. The summed E-state index contributed by atoms with van der Waals surface area (Å²) in [7, 11) is 0. The summed E-state index contributed by atoms with van der Waals surface area (Å²) >= 11 is 2.04. The zero-order valence-corrected chi connectivity index (χ0v) is 10.5. The molecule has 0 saturated carbocycles. The molecule has 0 radical (unpaired) electrons. The van der Waals surface area contributed by atoms with Gasteiger partial charge in [0.15, 0.2) is 21.1 Å². The molecule has 2 heterocycles. The van der Waals surface area contributed by atoms with Crippen LogP contribution in [0.15, 0.2) is 31.4 Å². The number of aromatic nitrogens is 2. The maximum Gasteiger partial charge on any atom is 0.199 e. The third kappa shape index (κ3) is 2.81. The second kappa shape index (κ2) is 4.95. The lowest BCUT2D eigenvalue weighted by Crippen LogP contribution is -2.15. The first-order valence-corrected chi connectivity index (χ1v) is 5.45. The molecule has 0 amide bonds. The van der Waals surface area contributed by atoms with Gasteiger partial charge in [0, 0.05) is 0 Å². The van der Waals surface area contributed by atoms with Gasteiger partial charge in [0.1, 0.15) is 5.76 Å². The fraction of sp³-hybridized carbons (Fsp3) is 0. The van der Waals surface area contributed by atoms with Crippen molar-refractivity contribution >= 4 is 40.5 Å². The summed E-state index contributed by atoms with van der Waals surface area (Å²) in [5.41, 5.74) is 11.2. The van der Waals surface area contributed by atoms with Crippen LogP contribution in [-0.4, -0.2) is 22.4 Å². The maximum atomic E-state index is 5.57. The first kappa shape index (κ1) is 11.6. The summed E-state index contributed by atoms with van der Waals surface area (Å²) in [5.74, 6) is 0.646. The number of hydrogen-bond acceptors (Lipinski definition) is 7. The molecule has 2 aromatic heterocycles. The topological polar surface area (TPSA) is 129 Å². The Kier molecular flexibility index (Phi) is 3.37. The zero-order valence-electron chi connectivity index (χ0n) is 8.37. The Morgan fingerprint density at radius 3 is 2.82 bits per heavy atom. The van der Waals surface area contributed by atoms with E-state index in [0.717, 1.165) is 3.77 Å². The van der Waals surface area contributed by atoms with E-state index in [1.54, 1.807) is 12.1 Å². The lowest BCUT2D eigenvalue weighted by molar-refractivity contribution is 0.308. The summed E-state index contributed by atoms with van der Waals surface area (Å²) in [6.45, 7) is 0. The molecular weight excluding hydrogens is 339 g/mol. The van der Waals surface area contributed by atoms with Crippen molar-refractivity contribution in [2.75, 3.05) is 5.73 Å².